The number of aryl methyl sites for hydroxylation is 1. The number of fused-ring (bicyclic) bond motifs is 8. The second-order valence-electron chi connectivity index (χ2n) is 30.5. The molecule has 1 aliphatic heterocycles. The molecule has 0 aliphatic carbocycles. The highest BCUT2D eigenvalue weighted by atomic mass is 16.5. The topological polar surface area (TPSA) is 46.7 Å². The molecule has 0 N–H and O–H groups in total. The van der Waals surface area contributed by atoms with Gasteiger partial charge in [0, 0.05) is 54.0 Å². The lowest BCUT2D eigenvalue weighted by atomic mass is 9.77. The Labute approximate surface area is 514 Å². The molecule has 0 amide bonds. The van der Waals surface area contributed by atoms with Gasteiger partial charge >= 0.3 is 0 Å². The summed E-state index contributed by atoms with van der Waals surface area (Å²) in [4.78, 5) is 10.1. The predicted molar refractivity (Wildman–Crippen MR) is 367 cm³/mol. The molecule has 0 unspecified atom stereocenters. The molecule has 4 heterocycles. The SMILES string of the molecule is [2H]C([2H])(c1cc(-n2c3cc(Oc4cc(N5CN(c6c(-c7cc(C(C)(C)C)cc(C(C)(C)C)c7)cccc6-c6cc(C(C)(C)C)cc(C(C)(C)C)c6)c6ccccc65)cc(C(C)(C)C)c4)ccc3c3c4oc5ccccc5c4ccc32)ncc1C)C(C)(C)C. The normalized spacial score (nSPS) is 14.2. The van der Waals surface area contributed by atoms with Crippen molar-refractivity contribution in [1.29, 1.82) is 0 Å². The van der Waals surface area contributed by atoms with Crippen molar-refractivity contribution in [2.24, 2.45) is 5.41 Å². The van der Waals surface area contributed by atoms with E-state index in [1.54, 1.807) is 0 Å². The molecule has 0 spiro atoms. The molecule has 0 atom stereocenters. The zero-order valence-electron chi connectivity index (χ0n) is 56.4. The largest absolute Gasteiger partial charge is 0.457 e. The van der Waals surface area contributed by atoms with Crippen molar-refractivity contribution in [2.45, 2.75) is 165 Å². The Bertz CT molecular complexity index is 4410. The van der Waals surface area contributed by atoms with Crippen molar-refractivity contribution >= 4 is 66.5 Å². The van der Waals surface area contributed by atoms with Crippen LogP contribution in [0.3, 0.4) is 0 Å². The first-order valence-corrected chi connectivity index (χ1v) is 30.9. The van der Waals surface area contributed by atoms with Crippen molar-refractivity contribution in [3.05, 3.63) is 203 Å². The number of rotatable bonds is 8. The minimum Gasteiger partial charge on any atom is -0.457 e. The maximum atomic E-state index is 9.45. The summed E-state index contributed by atoms with van der Waals surface area (Å²) in [6.45, 7) is 43.1. The fourth-order valence-corrected chi connectivity index (χ4v) is 12.3. The first-order valence-electron chi connectivity index (χ1n) is 31.9. The number of aromatic nitrogens is 2. The lowest BCUT2D eigenvalue weighted by Crippen LogP contribution is -2.25. The van der Waals surface area contributed by atoms with Gasteiger partial charge < -0.3 is 19.0 Å². The molecule has 11 aromatic rings. The molecule has 0 saturated heterocycles. The van der Waals surface area contributed by atoms with Gasteiger partial charge in [0.25, 0.3) is 0 Å². The van der Waals surface area contributed by atoms with Crippen LogP contribution in [0.1, 0.15) is 166 Å². The van der Waals surface area contributed by atoms with Crippen molar-refractivity contribution in [1.82, 2.24) is 9.55 Å². The van der Waals surface area contributed by atoms with Crippen molar-refractivity contribution in [2.75, 3.05) is 16.5 Å². The average molecular weight is 1140 g/mol. The summed E-state index contributed by atoms with van der Waals surface area (Å²) in [6.07, 6.45) is 0.160. The first-order chi connectivity index (χ1) is 41.1. The number of pyridine rings is 1. The molecule has 8 aromatic carbocycles. The van der Waals surface area contributed by atoms with Gasteiger partial charge in [0.05, 0.1) is 33.5 Å². The van der Waals surface area contributed by atoms with Crippen LogP contribution in [0.2, 0.25) is 0 Å². The summed E-state index contributed by atoms with van der Waals surface area (Å²) in [5.74, 6) is 2.00. The van der Waals surface area contributed by atoms with E-state index in [9.17, 15) is 2.74 Å². The van der Waals surface area contributed by atoms with Gasteiger partial charge in [0.15, 0.2) is 0 Å². The van der Waals surface area contributed by atoms with E-state index in [1.807, 2.05) is 52.1 Å². The molecule has 3 aromatic heterocycles. The molecule has 6 heteroatoms. The van der Waals surface area contributed by atoms with Crippen molar-refractivity contribution < 1.29 is 11.9 Å². The van der Waals surface area contributed by atoms with Crippen LogP contribution in [0.4, 0.5) is 22.7 Å². The van der Waals surface area contributed by atoms with Gasteiger partial charge in [-0.15, -0.1) is 0 Å². The third kappa shape index (κ3) is 10.9. The van der Waals surface area contributed by atoms with Crippen LogP contribution in [0.25, 0.3) is 71.8 Å². The molecule has 0 saturated carbocycles. The van der Waals surface area contributed by atoms with E-state index >= 15 is 0 Å². The van der Waals surface area contributed by atoms with E-state index in [0.29, 0.717) is 23.8 Å². The van der Waals surface area contributed by atoms with Gasteiger partial charge in [0.1, 0.15) is 35.2 Å². The summed E-state index contributed by atoms with van der Waals surface area (Å²) >= 11 is 0. The van der Waals surface area contributed by atoms with E-state index in [1.165, 1.54) is 50.2 Å². The number of para-hydroxylation sites is 4. The standard InChI is InChI=1S/C80H88N4O2/c1-49-47-81-71(39-52(49)46-75(2,3)4)84-68-34-33-64-63-25-20-23-30-70(63)86-74(64)72(68)65-32-31-59(45-69(65)84)85-60-43-57(80(17,18)19)42-58(44-60)82-48-83(67-29-22-21-28-66(67)82)73-61(50-35-53(76(5,6)7)40-54(36-50)77(8,9)10)26-24-27-62(73)51-37-55(78(11,12)13)41-56(38-51)79(14,15)16/h20-45,47H,46,48H2,1-19H3/i46D2. The number of hydrogen-bond acceptors (Lipinski definition) is 5. The van der Waals surface area contributed by atoms with E-state index in [4.69, 9.17) is 14.1 Å². The summed E-state index contributed by atoms with van der Waals surface area (Å²) in [5, 5.41) is 4.03. The minimum atomic E-state index is -1.65. The molecule has 440 valence electrons. The van der Waals surface area contributed by atoms with Gasteiger partial charge in [-0.2, -0.15) is 0 Å². The molecule has 0 bridgehead atoms. The highest BCUT2D eigenvalue weighted by Crippen LogP contribution is 2.53. The highest BCUT2D eigenvalue weighted by Gasteiger charge is 2.34. The molecule has 0 fully saturated rings. The Morgan fingerprint density at radius 1 is 0.488 bits per heavy atom. The van der Waals surface area contributed by atoms with Crippen molar-refractivity contribution in [3.8, 4) is 39.6 Å². The fraction of sp³-hybridized carbons (Fsp3) is 0.338. The van der Waals surface area contributed by atoms with Gasteiger partial charge in [0.2, 0.25) is 0 Å². The third-order valence-electron chi connectivity index (χ3n) is 17.4. The third-order valence-corrected chi connectivity index (χ3v) is 17.4. The van der Waals surface area contributed by atoms with Crippen LogP contribution >= 0.6 is 0 Å². The highest BCUT2D eigenvalue weighted by molar-refractivity contribution is 6.24. The Balaban J connectivity index is 1.03. The predicted octanol–water partition coefficient (Wildman–Crippen LogP) is 22.8. The number of benzene rings is 8. The Hall–Kier alpha value is -8.09. The molecular formula is C80H88N4O2. The molecule has 1 aliphatic rings. The summed E-state index contributed by atoms with van der Waals surface area (Å²) in [7, 11) is 0. The minimum absolute atomic E-state index is 0.0784. The van der Waals surface area contributed by atoms with Gasteiger partial charge in [-0.25, -0.2) is 4.98 Å². The number of furan rings is 1. The van der Waals surface area contributed by atoms with Crippen LogP contribution in [-0.2, 0) is 33.4 Å². The number of ether oxygens (including phenoxy) is 1. The fourth-order valence-electron chi connectivity index (χ4n) is 12.3. The average Bonchev–Trinajstić information content (AvgIpc) is 1.59. The van der Waals surface area contributed by atoms with Crippen LogP contribution in [0, 0.1) is 12.3 Å². The lowest BCUT2D eigenvalue weighted by molar-refractivity contribution is 0.410. The molecule has 0 radical (unpaired) electrons. The number of nitrogens with zero attached hydrogens (tertiary/aromatic N) is 4. The van der Waals surface area contributed by atoms with E-state index in [2.05, 4.69) is 258 Å². The zero-order valence-corrected chi connectivity index (χ0v) is 54.4. The number of hydrogen-bond donors (Lipinski definition) is 0. The summed E-state index contributed by atoms with van der Waals surface area (Å²) in [5.41, 5.74) is 19.2. The second-order valence-corrected chi connectivity index (χ2v) is 30.5. The van der Waals surface area contributed by atoms with E-state index in [-0.39, 0.29) is 27.1 Å². The number of anilines is 4. The summed E-state index contributed by atoms with van der Waals surface area (Å²) < 4.78 is 35.0. The quantitative estimate of drug-likeness (QED) is 0.152. The first kappa shape index (κ1) is 55.8. The van der Waals surface area contributed by atoms with Crippen LogP contribution in [0.5, 0.6) is 11.5 Å². The van der Waals surface area contributed by atoms with Crippen LogP contribution in [0.15, 0.2) is 168 Å². The summed E-state index contributed by atoms with van der Waals surface area (Å²) in [6, 6.07) is 57.9. The smallest absolute Gasteiger partial charge is 0.145 e. The maximum absolute atomic E-state index is 9.45. The monoisotopic (exact) mass is 1140 g/mol. The Morgan fingerprint density at radius 3 is 1.59 bits per heavy atom. The van der Waals surface area contributed by atoms with E-state index < -0.39 is 11.8 Å². The molecule has 12 rings (SSSR count). The molecule has 6 nitrogen and oxygen atoms in total. The van der Waals surface area contributed by atoms with Crippen LogP contribution in [-0.4, -0.2) is 16.2 Å². The van der Waals surface area contributed by atoms with Gasteiger partial charge in [-0.1, -0.05) is 210 Å². The second kappa shape index (κ2) is 20.5. The molecular weight excluding hydrogens is 1050 g/mol. The zero-order chi connectivity index (χ0) is 63.2. The van der Waals surface area contributed by atoms with Gasteiger partial charge in [-0.3, -0.25) is 4.57 Å². The maximum Gasteiger partial charge on any atom is 0.145 e. The van der Waals surface area contributed by atoms with Crippen LogP contribution < -0.4 is 14.5 Å². The molecule has 86 heavy (non-hydrogen) atoms. The Kier molecular flexibility index (Phi) is 13.3. The lowest BCUT2D eigenvalue weighted by Gasteiger charge is -2.31. The Morgan fingerprint density at radius 2 is 1.02 bits per heavy atom. The van der Waals surface area contributed by atoms with Gasteiger partial charge in [-0.05, 0) is 157 Å². The van der Waals surface area contributed by atoms with Crippen molar-refractivity contribution in [3.63, 3.8) is 0 Å². The van der Waals surface area contributed by atoms with E-state index in [0.717, 1.165) is 77.7 Å².